The predicted molar refractivity (Wildman–Crippen MR) is 59.1 cm³/mol. The van der Waals surface area contributed by atoms with Gasteiger partial charge in [0.25, 0.3) is 0 Å². The van der Waals surface area contributed by atoms with E-state index in [9.17, 15) is 27.2 Å². The van der Waals surface area contributed by atoms with Crippen LogP contribution in [0.3, 0.4) is 0 Å². The zero-order valence-corrected chi connectivity index (χ0v) is 10.8. The molecule has 0 aromatic heterocycles. The Hall–Kier alpha value is -1.86. The third-order valence-corrected chi connectivity index (χ3v) is 2.58. The number of alkyl halides is 4. The molecule has 112 valence electrons. The number of hydrogen-bond donors (Lipinski definition) is 0. The summed E-state index contributed by atoms with van der Waals surface area (Å²) < 4.78 is 62.3. The maximum atomic E-state index is 14.1. The largest absolute Gasteiger partial charge is 0.417 e. The summed E-state index contributed by atoms with van der Waals surface area (Å²) in [6.45, 7) is 8.32. The number of halogens is 4. The third kappa shape index (κ3) is 2.30. The average Bonchev–Trinajstić information content (AvgIpc) is 2.26. The normalized spacial score (nSPS) is 30.9. The van der Waals surface area contributed by atoms with Crippen LogP contribution in [0.2, 0.25) is 0 Å². The van der Waals surface area contributed by atoms with Gasteiger partial charge in [-0.2, -0.15) is 17.6 Å². The molecular weight excluding hydrogens is 284 g/mol. The molecule has 2 unspecified atom stereocenters. The van der Waals surface area contributed by atoms with Gasteiger partial charge in [-0.3, -0.25) is 0 Å². The van der Waals surface area contributed by atoms with E-state index in [0.717, 1.165) is 13.8 Å². The second-order valence-corrected chi connectivity index (χ2v) is 4.54. The Bertz CT molecular complexity index is 502. The van der Waals surface area contributed by atoms with Crippen molar-refractivity contribution in [2.24, 2.45) is 0 Å². The van der Waals surface area contributed by atoms with Crippen molar-refractivity contribution in [2.75, 3.05) is 0 Å². The van der Waals surface area contributed by atoms with Gasteiger partial charge in [0.1, 0.15) is 0 Å². The summed E-state index contributed by atoms with van der Waals surface area (Å²) in [5.74, 6) is -15.5. The summed E-state index contributed by atoms with van der Waals surface area (Å²) >= 11 is 0. The van der Waals surface area contributed by atoms with E-state index >= 15 is 0 Å². The zero-order chi connectivity index (χ0) is 15.9. The van der Waals surface area contributed by atoms with Crippen molar-refractivity contribution < 1.29 is 36.6 Å². The molecule has 0 N–H and O–H groups in total. The van der Waals surface area contributed by atoms with Crippen LogP contribution in [0.25, 0.3) is 0 Å². The second kappa shape index (κ2) is 4.60. The fraction of sp³-hybridized carbons (Fsp3) is 0.500. The standard InChI is InChI=1S/C12H12F4O4/c1-6(2)8(17)19-11(15)5-10(13,14)12(11,16)20-9(18)7(3)4/h1,3,5H2,2,4H3. The minimum Gasteiger partial charge on any atom is -0.417 e. The van der Waals surface area contributed by atoms with E-state index in [1.165, 1.54) is 0 Å². The molecule has 0 bridgehead atoms. The smallest absolute Gasteiger partial charge is 0.384 e. The van der Waals surface area contributed by atoms with Crippen molar-refractivity contribution in [3.8, 4) is 0 Å². The van der Waals surface area contributed by atoms with E-state index in [1.54, 1.807) is 0 Å². The van der Waals surface area contributed by atoms with Crippen LogP contribution in [0.5, 0.6) is 0 Å². The second-order valence-electron chi connectivity index (χ2n) is 4.54. The lowest BCUT2D eigenvalue weighted by molar-refractivity contribution is -0.444. The summed E-state index contributed by atoms with van der Waals surface area (Å²) in [5, 5.41) is 0. The molecule has 0 radical (unpaired) electrons. The molecule has 1 aliphatic rings. The molecule has 20 heavy (non-hydrogen) atoms. The molecular formula is C12H12F4O4. The Labute approximate surface area is 112 Å². The van der Waals surface area contributed by atoms with Crippen molar-refractivity contribution in [1.82, 2.24) is 0 Å². The molecule has 1 aliphatic carbocycles. The first-order valence-electron chi connectivity index (χ1n) is 5.39. The Morgan fingerprint density at radius 1 is 0.950 bits per heavy atom. The SMILES string of the molecule is C=C(C)C(=O)OC1(F)CC(F)(F)C1(F)OC(=O)C(=C)C. The molecule has 2 atom stereocenters. The van der Waals surface area contributed by atoms with E-state index in [-0.39, 0.29) is 5.57 Å². The van der Waals surface area contributed by atoms with Crippen molar-refractivity contribution in [2.45, 2.75) is 37.9 Å². The molecule has 0 aromatic carbocycles. The summed E-state index contributed by atoms with van der Waals surface area (Å²) in [6.07, 6.45) is -1.76. The van der Waals surface area contributed by atoms with E-state index in [1.807, 2.05) is 0 Å². The Morgan fingerprint density at radius 3 is 1.70 bits per heavy atom. The van der Waals surface area contributed by atoms with Gasteiger partial charge in [-0.1, -0.05) is 13.2 Å². The molecule has 0 heterocycles. The van der Waals surface area contributed by atoms with E-state index in [0.29, 0.717) is 0 Å². The van der Waals surface area contributed by atoms with Gasteiger partial charge in [0.05, 0.1) is 6.42 Å². The van der Waals surface area contributed by atoms with E-state index in [2.05, 4.69) is 22.6 Å². The average molecular weight is 296 g/mol. The van der Waals surface area contributed by atoms with Crippen LogP contribution in [-0.4, -0.2) is 29.6 Å². The molecule has 4 nitrogen and oxygen atoms in total. The van der Waals surface area contributed by atoms with Gasteiger partial charge in [-0.15, -0.1) is 0 Å². The van der Waals surface area contributed by atoms with Crippen molar-refractivity contribution >= 4 is 11.9 Å². The van der Waals surface area contributed by atoms with Gasteiger partial charge in [-0.25, -0.2) is 9.59 Å². The lowest BCUT2D eigenvalue weighted by Gasteiger charge is -2.50. The highest BCUT2D eigenvalue weighted by atomic mass is 19.3. The van der Waals surface area contributed by atoms with Crippen LogP contribution in [0, 0.1) is 0 Å². The highest BCUT2D eigenvalue weighted by molar-refractivity contribution is 5.88. The van der Waals surface area contributed by atoms with Crippen LogP contribution >= 0.6 is 0 Å². The number of esters is 2. The summed E-state index contributed by atoms with van der Waals surface area (Å²) in [4.78, 5) is 22.3. The minimum atomic E-state index is -4.40. The summed E-state index contributed by atoms with van der Waals surface area (Å²) in [7, 11) is 0. The van der Waals surface area contributed by atoms with Gasteiger partial charge < -0.3 is 9.47 Å². The molecule has 0 aliphatic heterocycles. The van der Waals surface area contributed by atoms with Crippen LogP contribution in [-0.2, 0) is 19.1 Å². The maximum Gasteiger partial charge on any atom is 0.384 e. The van der Waals surface area contributed by atoms with Crippen molar-refractivity contribution in [3.05, 3.63) is 24.3 Å². The molecule has 0 amide bonds. The third-order valence-electron chi connectivity index (χ3n) is 2.58. The number of rotatable bonds is 4. The molecule has 0 aromatic rings. The molecule has 8 heteroatoms. The summed E-state index contributed by atoms with van der Waals surface area (Å²) in [6, 6.07) is 0. The highest BCUT2D eigenvalue weighted by Crippen LogP contribution is 2.60. The quantitative estimate of drug-likeness (QED) is 0.454. The molecule has 1 saturated carbocycles. The van der Waals surface area contributed by atoms with Crippen LogP contribution in [0.1, 0.15) is 20.3 Å². The lowest BCUT2D eigenvalue weighted by atomic mass is 9.81. The van der Waals surface area contributed by atoms with Gasteiger partial charge in [0, 0.05) is 11.1 Å². The molecule has 0 saturated heterocycles. The van der Waals surface area contributed by atoms with Gasteiger partial charge >= 0.3 is 29.6 Å². The molecule has 0 spiro atoms. The number of carbonyl (C=O) groups is 2. The van der Waals surface area contributed by atoms with Crippen LogP contribution in [0.15, 0.2) is 24.3 Å². The first kappa shape index (κ1) is 16.2. The highest BCUT2D eigenvalue weighted by Gasteiger charge is 2.86. The topological polar surface area (TPSA) is 52.6 Å². The molecule has 1 fully saturated rings. The molecule has 1 rings (SSSR count). The van der Waals surface area contributed by atoms with Crippen LogP contribution in [0.4, 0.5) is 17.6 Å². The number of carbonyl (C=O) groups excluding carboxylic acids is 2. The van der Waals surface area contributed by atoms with Gasteiger partial charge in [0.2, 0.25) is 0 Å². The summed E-state index contributed by atoms with van der Waals surface area (Å²) in [5.41, 5.74) is -0.746. The first-order valence-corrected chi connectivity index (χ1v) is 5.39. The first-order chi connectivity index (χ1) is 8.86. The monoisotopic (exact) mass is 296 g/mol. The van der Waals surface area contributed by atoms with Gasteiger partial charge in [0.15, 0.2) is 0 Å². The van der Waals surface area contributed by atoms with Crippen LogP contribution < -0.4 is 0 Å². The van der Waals surface area contributed by atoms with Crippen molar-refractivity contribution in [3.63, 3.8) is 0 Å². The Balaban J connectivity index is 3.04. The fourth-order valence-electron chi connectivity index (χ4n) is 1.38. The van der Waals surface area contributed by atoms with Gasteiger partial charge in [-0.05, 0) is 13.8 Å². The van der Waals surface area contributed by atoms with E-state index in [4.69, 9.17) is 0 Å². The zero-order valence-electron chi connectivity index (χ0n) is 10.8. The maximum absolute atomic E-state index is 14.1. The van der Waals surface area contributed by atoms with E-state index < -0.39 is 41.6 Å². The Kier molecular flexibility index (Phi) is 3.73. The fourth-order valence-corrected chi connectivity index (χ4v) is 1.38. The minimum absolute atomic E-state index is 0.328. The predicted octanol–water partition coefficient (Wildman–Crippen LogP) is 2.60. The number of hydrogen-bond acceptors (Lipinski definition) is 4. The lowest BCUT2D eigenvalue weighted by Crippen LogP contribution is -2.74. The van der Waals surface area contributed by atoms with Crippen molar-refractivity contribution in [1.29, 1.82) is 0 Å². The Morgan fingerprint density at radius 2 is 1.35 bits per heavy atom. The number of ether oxygens (including phenoxy) is 2.